The van der Waals surface area contributed by atoms with Crippen LogP contribution in [0.3, 0.4) is 0 Å². The van der Waals surface area contributed by atoms with Gasteiger partial charge in [-0.05, 0) is 26.0 Å². The molecule has 0 saturated carbocycles. The molecule has 2 aromatic rings. The number of ether oxygens (including phenoxy) is 1. The van der Waals surface area contributed by atoms with Crippen LogP contribution in [-0.4, -0.2) is 41.1 Å². The first-order valence-electron chi connectivity index (χ1n) is 8.00. The molecule has 3 rings (SSSR count). The molecule has 1 aliphatic heterocycles. The number of aromatic nitrogens is 1. The number of nitrogens with zero attached hydrogens (tertiary/aromatic N) is 2. The number of nitrogens with one attached hydrogen (secondary N) is 1. The van der Waals surface area contributed by atoms with Crippen molar-refractivity contribution in [2.45, 2.75) is 32.6 Å². The van der Waals surface area contributed by atoms with E-state index < -0.39 is 0 Å². The molecule has 1 saturated heterocycles. The van der Waals surface area contributed by atoms with Gasteiger partial charge in [-0.2, -0.15) is 0 Å². The fraction of sp³-hybridized carbons (Fsp3) is 0.412. The van der Waals surface area contributed by atoms with E-state index in [1.807, 2.05) is 5.38 Å². The van der Waals surface area contributed by atoms with Gasteiger partial charge < -0.3 is 4.74 Å². The van der Waals surface area contributed by atoms with Gasteiger partial charge in [0.15, 0.2) is 5.13 Å². The first-order valence-corrected chi connectivity index (χ1v) is 9.63. The molecule has 134 valence electrons. The average molecular weight is 400 g/mol. The quantitative estimate of drug-likeness (QED) is 0.831. The van der Waals surface area contributed by atoms with Crippen LogP contribution in [0.5, 0.6) is 0 Å². The maximum atomic E-state index is 12.4. The van der Waals surface area contributed by atoms with Gasteiger partial charge in [0.25, 0.3) is 5.91 Å². The number of carbonyl (C=O) groups is 1. The van der Waals surface area contributed by atoms with Gasteiger partial charge in [0.05, 0.1) is 33.5 Å². The number of hydrogen-bond acceptors (Lipinski definition) is 5. The van der Waals surface area contributed by atoms with E-state index in [1.165, 1.54) is 11.3 Å². The Morgan fingerprint density at radius 3 is 2.80 bits per heavy atom. The highest BCUT2D eigenvalue weighted by molar-refractivity contribution is 7.14. The Labute approximate surface area is 160 Å². The van der Waals surface area contributed by atoms with Gasteiger partial charge in [-0.25, -0.2) is 4.98 Å². The molecule has 0 bridgehead atoms. The zero-order valence-electron chi connectivity index (χ0n) is 14.0. The van der Waals surface area contributed by atoms with Gasteiger partial charge in [0.1, 0.15) is 0 Å². The summed E-state index contributed by atoms with van der Waals surface area (Å²) in [6.45, 7) is 6.64. The molecule has 8 heteroatoms. The van der Waals surface area contributed by atoms with Crippen molar-refractivity contribution in [3.63, 3.8) is 0 Å². The smallest absolute Gasteiger partial charge is 0.259 e. The lowest BCUT2D eigenvalue weighted by molar-refractivity contribution is -0.0707. The van der Waals surface area contributed by atoms with Gasteiger partial charge in [-0.15, -0.1) is 11.3 Å². The third-order valence-corrected chi connectivity index (χ3v) is 5.47. The van der Waals surface area contributed by atoms with E-state index in [1.54, 1.807) is 18.2 Å². The summed E-state index contributed by atoms with van der Waals surface area (Å²) in [7, 11) is 0. The number of morpholine rings is 1. The summed E-state index contributed by atoms with van der Waals surface area (Å²) in [5, 5.41) is 5.89. The van der Waals surface area contributed by atoms with Gasteiger partial charge in [0.2, 0.25) is 0 Å². The SMILES string of the molecule is CC1CN(Cc2csc(NC(=O)c3cccc(Cl)c3Cl)n2)CC(C)O1. The Balaban J connectivity index is 1.63. The summed E-state index contributed by atoms with van der Waals surface area (Å²) in [5.41, 5.74) is 1.26. The summed E-state index contributed by atoms with van der Waals surface area (Å²) >= 11 is 13.4. The van der Waals surface area contributed by atoms with Crippen molar-refractivity contribution >= 4 is 45.6 Å². The number of halogens is 2. The number of rotatable bonds is 4. The summed E-state index contributed by atoms with van der Waals surface area (Å²) in [6, 6.07) is 4.97. The molecule has 2 heterocycles. The third-order valence-electron chi connectivity index (χ3n) is 3.85. The highest BCUT2D eigenvalue weighted by Gasteiger charge is 2.23. The van der Waals surface area contributed by atoms with Crippen LogP contribution < -0.4 is 5.32 Å². The molecule has 1 N–H and O–H groups in total. The van der Waals surface area contributed by atoms with E-state index in [2.05, 4.69) is 29.0 Å². The van der Waals surface area contributed by atoms with Crippen LogP contribution in [-0.2, 0) is 11.3 Å². The van der Waals surface area contributed by atoms with Gasteiger partial charge in [0, 0.05) is 25.0 Å². The van der Waals surface area contributed by atoms with Crippen LogP contribution in [0.25, 0.3) is 0 Å². The summed E-state index contributed by atoms with van der Waals surface area (Å²) in [4.78, 5) is 19.2. The average Bonchev–Trinajstić information content (AvgIpc) is 2.95. The molecule has 5 nitrogen and oxygen atoms in total. The number of amides is 1. The molecule has 2 unspecified atom stereocenters. The first kappa shape index (κ1) is 18.6. The third kappa shape index (κ3) is 4.71. The number of anilines is 1. The molecule has 1 aliphatic rings. The monoisotopic (exact) mass is 399 g/mol. The van der Waals surface area contributed by atoms with Crippen molar-refractivity contribution in [3.8, 4) is 0 Å². The molecule has 0 radical (unpaired) electrons. The molecule has 1 aromatic carbocycles. The zero-order chi connectivity index (χ0) is 18.0. The van der Waals surface area contributed by atoms with Crippen LogP contribution in [0, 0.1) is 0 Å². The number of thiazole rings is 1. The molecular weight excluding hydrogens is 381 g/mol. The van der Waals surface area contributed by atoms with Crippen molar-refractivity contribution in [2.24, 2.45) is 0 Å². The predicted molar refractivity (Wildman–Crippen MR) is 102 cm³/mol. The van der Waals surface area contributed by atoms with Crippen LogP contribution >= 0.6 is 34.5 Å². The van der Waals surface area contributed by atoms with E-state index >= 15 is 0 Å². The van der Waals surface area contributed by atoms with Crippen LogP contribution in [0.4, 0.5) is 5.13 Å². The van der Waals surface area contributed by atoms with E-state index in [4.69, 9.17) is 27.9 Å². The molecule has 2 atom stereocenters. The van der Waals surface area contributed by atoms with Gasteiger partial charge in [-0.3, -0.25) is 15.0 Å². The summed E-state index contributed by atoms with van der Waals surface area (Å²) in [5.74, 6) is -0.318. The zero-order valence-corrected chi connectivity index (χ0v) is 16.3. The Morgan fingerprint density at radius 1 is 1.36 bits per heavy atom. The van der Waals surface area contributed by atoms with Crippen LogP contribution in [0.2, 0.25) is 10.0 Å². The largest absolute Gasteiger partial charge is 0.373 e. The number of hydrogen-bond donors (Lipinski definition) is 1. The Morgan fingerprint density at radius 2 is 2.08 bits per heavy atom. The lowest BCUT2D eigenvalue weighted by Gasteiger charge is -2.34. The van der Waals surface area contributed by atoms with Crippen molar-refractivity contribution in [3.05, 3.63) is 44.9 Å². The first-order chi connectivity index (χ1) is 11.9. The van der Waals surface area contributed by atoms with E-state index in [0.717, 1.165) is 25.3 Å². The minimum atomic E-state index is -0.318. The molecule has 25 heavy (non-hydrogen) atoms. The fourth-order valence-electron chi connectivity index (χ4n) is 2.92. The second-order valence-corrected chi connectivity index (χ2v) is 7.79. The lowest BCUT2D eigenvalue weighted by atomic mass is 10.2. The van der Waals surface area contributed by atoms with E-state index in [9.17, 15) is 4.79 Å². The minimum absolute atomic E-state index is 0.214. The van der Waals surface area contributed by atoms with E-state index in [-0.39, 0.29) is 23.1 Å². The molecule has 0 aliphatic carbocycles. The topological polar surface area (TPSA) is 54.5 Å². The lowest BCUT2D eigenvalue weighted by Crippen LogP contribution is -2.44. The van der Waals surface area contributed by atoms with Crippen molar-refractivity contribution < 1.29 is 9.53 Å². The Hall–Kier alpha value is -1.18. The number of benzene rings is 1. The molecule has 0 spiro atoms. The van der Waals surface area contributed by atoms with Gasteiger partial charge >= 0.3 is 0 Å². The van der Waals surface area contributed by atoms with Crippen LogP contribution in [0.15, 0.2) is 23.6 Å². The molecule has 1 aromatic heterocycles. The standard InChI is InChI=1S/C17H19Cl2N3O2S/c1-10-6-22(7-11(2)24-10)8-12-9-25-17(20-12)21-16(23)13-4-3-5-14(18)15(13)19/h3-5,9-11H,6-8H2,1-2H3,(H,20,21,23). The van der Waals surface area contributed by atoms with Crippen molar-refractivity contribution in [2.75, 3.05) is 18.4 Å². The molecule has 1 amide bonds. The Bertz CT molecular complexity index is 758. The van der Waals surface area contributed by atoms with Gasteiger partial charge in [-0.1, -0.05) is 29.3 Å². The highest BCUT2D eigenvalue weighted by atomic mass is 35.5. The van der Waals surface area contributed by atoms with E-state index in [0.29, 0.717) is 15.7 Å². The fourth-order valence-corrected chi connectivity index (χ4v) is 4.01. The normalized spacial score (nSPS) is 21.3. The summed E-state index contributed by atoms with van der Waals surface area (Å²) < 4.78 is 5.74. The Kier molecular flexibility index (Phi) is 5.96. The number of carbonyl (C=O) groups excluding carboxylic acids is 1. The second kappa shape index (κ2) is 8.01. The minimum Gasteiger partial charge on any atom is -0.373 e. The highest BCUT2D eigenvalue weighted by Crippen LogP contribution is 2.27. The molecule has 1 fully saturated rings. The maximum Gasteiger partial charge on any atom is 0.259 e. The molecular formula is C17H19Cl2N3O2S. The maximum absolute atomic E-state index is 12.4. The summed E-state index contributed by atoms with van der Waals surface area (Å²) in [6.07, 6.45) is 0.429. The van der Waals surface area contributed by atoms with Crippen molar-refractivity contribution in [1.82, 2.24) is 9.88 Å². The van der Waals surface area contributed by atoms with Crippen molar-refractivity contribution in [1.29, 1.82) is 0 Å². The second-order valence-electron chi connectivity index (χ2n) is 6.15. The predicted octanol–water partition coefficient (Wildman–Crippen LogP) is 4.31. The van der Waals surface area contributed by atoms with Crippen LogP contribution in [0.1, 0.15) is 29.9 Å².